The molecule has 1 aromatic rings. The highest BCUT2D eigenvalue weighted by molar-refractivity contribution is 5.03. The molecule has 0 radical (unpaired) electrons. The number of nitrogens with zero attached hydrogens (tertiary/aromatic N) is 2. The Bertz CT molecular complexity index is 331. The predicted molar refractivity (Wildman–Crippen MR) is 60.5 cm³/mol. The van der Waals surface area contributed by atoms with Crippen molar-refractivity contribution in [3.63, 3.8) is 0 Å². The summed E-state index contributed by atoms with van der Waals surface area (Å²) in [7, 11) is 0. The molecule has 0 bridgehead atoms. The molecule has 1 heterocycles. The molecule has 0 fully saturated rings. The molecule has 0 saturated carbocycles. The van der Waals surface area contributed by atoms with Crippen LogP contribution in [0.2, 0.25) is 0 Å². The first kappa shape index (κ1) is 14.1. The standard InChI is InChI=1S/C12H19F3N2/c1-3-5-6-10(4-2)9-17-8-7-11(16-17)12(13,14)15/h7-8,10H,3-6,9H2,1-2H3. The Balaban J connectivity index is 2.58. The molecule has 1 rings (SSSR count). The molecule has 0 saturated heterocycles. The van der Waals surface area contributed by atoms with Crippen molar-refractivity contribution < 1.29 is 13.2 Å². The number of hydrogen-bond donors (Lipinski definition) is 0. The largest absolute Gasteiger partial charge is 0.435 e. The van der Waals surface area contributed by atoms with Crippen LogP contribution in [0.4, 0.5) is 13.2 Å². The van der Waals surface area contributed by atoms with Crippen LogP contribution in [0.3, 0.4) is 0 Å². The van der Waals surface area contributed by atoms with Gasteiger partial charge in [0.05, 0.1) is 0 Å². The third-order valence-electron chi connectivity index (χ3n) is 2.92. The molecule has 98 valence electrons. The highest BCUT2D eigenvalue weighted by Crippen LogP contribution is 2.27. The van der Waals surface area contributed by atoms with Gasteiger partial charge in [-0.1, -0.05) is 33.1 Å². The first-order valence-corrected chi connectivity index (χ1v) is 6.08. The summed E-state index contributed by atoms with van der Waals surface area (Å²) in [6, 6.07) is 1.03. The predicted octanol–water partition coefficient (Wildman–Crippen LogP) is 4.12. The zero-order valence-corrected chi connectivity index (χ0v) is 10.3. The number of halogens is 3. The minimum atomic E-state index is -4.34. The summed E-state index contributed by atoms with van der Waals surface area (Å²) in [6.45, 7) is 4.75. The van der Waals surface area contributed by atoms with Gasteiger partial charge in [0.25, 0.3) is 0 Å². The smallest absolute Gasteiger partial charge is 0.272 e. The van der Waals surface area contributed by atoms with Gasteiger partial charge in [-0.15, -0.1) is 0 Å². The summed E-state index contributed by atoms with van der Waals surface area (Å²) in [5.74, 6) is 0.413. The Morgan fingerprint density at radius 2 is 2.06 bits per heavy atom. The van der Waals surface area contributed by atoms with Gasteiger partial charge in [0.15, 0.2) is 5.69 Å². The maximum Gasteiger partial charge on any atom is 0.435 e. The summed E-state index contributed by atoms with van der Waals surface area (Å²) >= 11 is 0. The zero-order valence-electron chi connectivity index (χ0n) is 10.3. The lowest BCUT2D eigenvalue weighted by Crippen LogP contribution is -2.13. The molecule has 2 nitrogen and oxygen atoms in total. The third kappa shape index (κ3) is 4.40. The molecule has 0 aliphatic carbocycles. The monoisotopic (exact) mass is 248 g/mol. The Morgan fingerprint density at radius 1 is 1.35 bits per heavy atom. The lowest BCUT2D eigenvalue weighted by atomic mass is 10.00. The van der Waals surface area contributed by atoms with Crippen molar-refractivity contribution in [2.75, 3.05) is 0 Å². The fraction of sp³-hybridized carbons (Fsp3) is 0.750. The maximum absolute atomic E-state index is 12.3. The second kappa shape index (κ2) is 6.07. The normalized spacial score (nSPS) is 13.9. The first-order chi connectivity index (χ1) is 7.97. The lowest BCUT2D eigenvalue weighted by Gasteiger charge is -2.14. The van der Waals surface area contributed by atoms with E-state index in [-0.39, 0.29) is 0 Å². The Hall–Kier alpha value is -1.00. The quantitative estimate of drug-likeness (QED) is 0.740. The van der Waals surface area contributed by atoms with Crippen molar-refractivity contribution in [2.45, 2.75) is 52.3 Å². The first-order valence-electron chi connectivity index (χ1n) is 6.08. The van der Waals surface area contributed by atoms with Crippen LogP contribution in [0.25, 0.3) is 0 Å². The number of aromatic nitrogens is 2. The van der Waals surface area contributed by atoms with Gasteiger partial charge in [0.1, 0.15) is 0 Å². The SMILES string of the molecule is CCCCC(CC)Cn1ccc(C(F)(F)F)n1. The van der Waals surface area contributed by atoms with E-state index in [9.17, 15) is 13.2 Å². The van der Waals surface area contributed by atoms with E-state index in [1.165, 1.54) is 10.9 Å². The number of rotatable bonds is 6. The van der Waals surface area contributed by atoms with Gasteiger partial charge in [-0.2, -0.15) is 18.3 Å². The molecular formula is C12H19F3N2. The summed E-state index contributed by atoms with van der Waals surface area (Å²) in [5, 5.41) is 3.57. The van der Waals surface area contributed by atoms with Crippen LogP contribution in [0.1, 0.15) is 45.2 Å². The number of unbranched alkanes of at least 4 members (excludes halogenated alkanes) is 1. The van der Waals surface area contributed by atoms with Crippen molar-refractivity contribution in [3.05, 3.63) is 18.0 Å². The second-order valence-corrected chi connectivity index (χ2v) is 4.34. The van der Waals surface area contributed by atoms with Gasteiger partial charge in [-0.3, -0.25) is 4.68 Å². The van der Waals surface area contributed by atoms with E-state index in [1.54, 1.807) is 0 Å². The highest BCUT2D eigenvalue weighted by atomic mass is 19.4. The Labute approximate surface area is 99.8 Å². The van der Waals surface area contributed by atoms with Crippen molar-refractivity contribution in [1.82, 2.24) is 9.78 Å². The molecule has 1 aromatic heterocycles. The fourth-order valence-electron chi connectivity index (χ4n) is 1.80. The molecule has 17 heavy (non-hydrogen) atoms. The van der Waals surface area contributed by atoms with E-state index in [0.717, 1.165) is 31.7 Å². The maximum atomic E-state index is 12.3. The van der Waals surface area contributed by atoms with E-state index in [1.807, 2.05) is 0 Å². The fourth-order valence-corrected chi connectivity index (χ4v) is 1.80. The van der Waals surface area contributed by atoms with Crippen molar-refractivity contribution >= 4 is 0 Å². The van der Waals surface area contributed by atoms with Crippen LogP contribution in [0.15, 0.2) is 12.3 Å². The van der Waals surface area contributed by atoms with Crippen LogP contribution in [-0.4, -0.2) is 9.78 Å². The molecule has 0 aliphatic heterocycles. The molecule has 0 spiro atoms. The van der Waals surface area contributed by atoms with Crippen molar-refractivity contribution in [3.8, 4) is 0 Å². The summed E-state index contributed by atoms with van der Waals surface area (Å²) in [5.41, 5.74) is -0.803. The summed E-state index contributed by atoms with van der Waals surface area (Å²) in [6.07, 6.45) is 1.33. The average molecular weight is 248 g/mol. The van der Waals surface area contributed by atoms with E-state index in [0.29, 0.717) is 12.5 Å². The Kier molecular flexibility index (Phi) is 5.02. The minimum absolute atomic E-state index is 0.413. The van der Waals surface area contributed by atoms with Crippen molar-refractivity contribution in [1.29, 1.82) is 0 Å². The van der Waals surface area contributed by atoms with Gasteiger partial charge >= 0.3 is 6.18 Å². The molecule has 1 unspecified atom stereocenters. The highest BCUT2D eigenvalue weighted by Gasteiger charge is 2.33. The van der Waals surface area contributed by atoms with E-state index in [4.69, 9.17) is 0 Å². The minimum Gasteiger partial charge on any atom is -0.272 e. The average Bonchev–Trinajstić information content (AvgIpc) is 2.72. The van der Waals surface area contributed by atoms with Gasteiger partial charge < -0.3 is 0 Å². The molecule has 0 aromatic carbocycles. The van der Waals surface area contributed by atoms with Crippen LogP contribution < -0.4 is 0 Å². The van der Waals surface area contributed by atoms with Gasteiger partial charge in [0.2, 0.25) is 0 Å². The summed E-state index contributed by atoms with van der Waals surface area (Å²) < 4.78 is 38.5. The molecule has 1 atom stereocenters. The number of hydrogen-bond acceptors (Lipinski definition) is 1. The molecule has 0 aliphatic rings. The molecular weight excluding hydrogens is 229 g/mol. The van der Waals surface area contributed by atoms with Crippen LogP contribution in [0.5, 0.6) is 0 Å². The molecule has 0 amide bonds. The van der Waals surface area contributed by atoms with Crippen molar-refractivity contribution in [2.24, 2.45) is 5.92 Å². The van der Waals surface area contributed by atoms with Gasteiger partial charge in [0, 0.05) is 12.7 Å². The van der Waals surface area contributed by atoms with E-state index in [2.05, 4.69) is 18.9 Å². The topological polar surface area (TPSA) is 17.8 Å². The van der Waals surface area contributed by atoms with E-state index >= 15 is 0 Å². The van der Waals surface area contributed by atoms with E-state index < -0.39 is 11.9 Å². The van der Waals surface area contributed by atoms with Crippen LogP contribution in [0, 0.1) is 5.92 Å². The zero-order chi connectivity index (χ0) is 12.9. The van der Waals surface area contributed by atoms with Gasteiger partial charge in [-0.05, 0) is 18.4 Å². The van der Waals surface area contributed by atoms with Crippen LogP contribution in [-0.2, 0) is 12.7 Å². The third-order valence-corrected chi connectivity index (χ3v) is 2.92. The van der Waals surface area contributed by atoms with Crippen LogP contribution >= 0.6 is 0 Å². The Morgan fingerprint density at radius 3 is 2.53 bits per heavy atom. The van der Waals surface area contributed by atoms with Gasteiger partial charge in [-0.25, -0.2) is 0 Å². The summed E-state index contributed by atoms with van der Waals surface area (Å²) in [4.78, 5) is 0. The lowest BCUT2D eigenvalue weighted by molar-refractivity contribution is -0.141. The second-order valence-electron chi connectivity index (χ2n) is 4.34. The molecule has 5 heteroatoms. The molecule has 0 N–H and O–H groups in total. The number of alkyl halides is 3.